The normalized spacial score (nSPS) is 21.7. The lowest BCUT2D eigenvalue weighted by molar-refractivity contribution is -0.131. The second-order valence-corrected chi connectivity index (χ2v) is 5.40. The highest BCUT2D eigenvalue weighted by atomic mass is 16.2. The minimum absolute atomic E-state index is 0.0698. The number of nitrogen functional groups attached to an aromatic ring is 1. The number of aromatic nitrogens is 2. The number of carbonyl (C=O) groups excluding carboxylic acids is 1. The molecule has 2 rings (SSSR count). The molecule has 0 unspecified atom stereocenters. The Labute approximate surface area is 124 Å². The third kappa shape index (κ3) is 3.40. The molecule has 7 nitrogen and oxygen atoms in total. The molecule has 7 heteroatoms. The molecular formula is C14H20N6O. The average Bonchev–Trinajstić information content (AvgIpc) is 2.47. The highest BCUT2D eigenvalue weighted by Crippen LogP contribution is 2.24. The number of carbonyl (C=O) groups is 1. The van der Waals surface area contributed by atoms with Gasteiger partial charge in [0.1, 0.15) is 12.2 Å². The van der Waals surface area contributed by atoms with Crippen LogP contribution in [0.25, 0.3) is 0 Å². The van der Waals surface area contributed by atoms with Crippen molar-refractivity contribution >= 4 is 17.7 Å². The standard InChI is InChI=1S/C14H20N6O/c1-10-5-8-20(13(21)3-6-15)9-11(10)19(2)14-17-7-4-12(16)18-14/h4,7,10-11H,3,5,8-9H2,1-2H3,(H2,16,17,18)/t10-,11+/m1/s1. The van der Waals surface area contributed by atoms with Crippen LogP contribution in [0.1, 0.15) is 19.8 Å². The molecule has 0 saturated carbocycles. The Bertz CT molecular complexity index is 555. The van der Waals surface area contributed by atoms with Gasteiger partial charge < -0.3 is 15.5 Å². The molecule has 1 saturated heterocycles. The summed E-state index contributed by atoms with van der Waals surface area (Å²) in [5.41, 5.74) is 5.70. The number of nitriles is 1. The number of hydrogen-bond acceptors (Lipinski definition) is 6. The Balaban J connectivity index is 2.13. The topological polar surface area (TPSA) is 99.1 Å². The van der Waals surface area contributed by atoms with Gasteiger partial charge in [-0.15, -0.1) is 0 Å². The summed E-state index contributed by atoms with van der Waals surface area (Å²) in [6.07, 6.45) is 2.45. The van der Waals surface area contributed by atoms with E-state index in [4.69, 9.17) is 11.0 Å². The summed E-state index contributed by atoms with van der Waals surface area (Å²) in [6, 6.07) is 3.67. The molecule has 2 N–H and O–H groups in total. The van der Waals surface area contributed by atoms with Crippen LogP contribution < -0.4 is 10.6 Å². The third-order valence-electron chi connectivity index (χ3n) is 3.98. The number of amides is 1. The van der Waals surface area contributed by atoms with Gasteiger partial charge >= 0.3 is 0 Å². The summed E-state index contributed by atoms with van der Waals surface area (Å²) >= 11 is 0. The Morgan fingerprint density at radius 2 is 2.43 bits per heavy atom. The van der Waals surface area contributed by atoms with Crippen molar-refractivity contribution in [1.82, 2.24) is 14.9 Å². The molecule has 1 amide bonds. The first kappa shape index (κ1) is 15.0. The summed E-state index contributed by atoms with van der Waals surface area (Å²) < 4.78 is 0. The zero-order valence-corrected chi connectivity index (χ0v) is 12.4. The number of likely N-dealkylation sites (tertiary alicyclic amines) is 1. The van der Waals surface area contributed by atoms with Crippen molar-refractivity contribution in [2.45, 2.75) is 25.8 Å². The van der Waals surface area contributed by atoms with Crippen molar-refractivity contribution < 1.29 is 4.79 Å². The van der Waals surface area contributed by atoms with Crippen molar-refractivity contribution in [2.75, 3.05) is 30.8 Å². The Morgan fingerprint density at radius 1 is 1.67 bits per heavy atom. The smallest absolute Gasteiger partial charge is 0.236 e. The lowest BCUT2D eigenvalue weighted by atomic mass is 9.92. The second-order valence-electron chi connectivity index (χ2n) is 5.40. The molecule has 0 bridgehead atoms. The molecule has 1 aliphatic rings. The lowest BCUT2D eigenvalue weighted by Gasteiger charge is -2.41. The van der Waals surface area contributed by atoms with Gasteiger partial charge in [0.2, 0.25) is 11.9 Å². The highest BCUT2D eigenvalue weighted by molar-refractivity contribution is 5.78. The first-order chi connectivity index (χ1) is 10.0. The summed E-state index contributed by atoms with van der Waals surface area (Å²) in [6.45, 7) is 3.43. The van der Waals surface area contributed by atoms with E-state index in [1.54, 1.807) is 17.2 Å². The second kappa shape index (κ2) is 6.39. The number of rotatable bonds is 3. The molecular weight excluding hydrogens is 268 g/mol. The maximum atomic E-state index is 11.9. The van der Waals surface area contributed by atoms with Gasteiger partial charge in [-0.2, -0.15) is 10.2 Å². The summed E-state index contributed by atoms with van der Waals surface area (Å²) in [7, 11) is 1.91. The lowest BCUT2D eigenvalue weighted by Crippen LogP contribution is -2.53. The zero-order valence-electron chi connectivity index (χ0n) is 12.4. The van der Waals surface area contributed by atoms with Crippen LogP contribution in [0.2, 0.25) is 0 Å². The summed E-state index contributed by atoms with van der Waals surface area (Å²) in [5, 5.41) is 8.66. The SMILES string of the molecule is C[C@@H]1CCN(C(=O)CC#N)C[C@@H]1N(C)c1nccc(N)n1. The van der Waals surface area contributed by atoms with Gasteiger partial charge in [0.05, 0.1) is 12.1 Å². The van der Waals surface area contributed by atoms with Gasteiger partial charge in [0, 0.05) is 26.3 Å². The number of hydrogen-bond donors (Lipinski definition) is 1. The van der Waals surface area contributed by atoms with Crippen LogP contribution in [0.4, 0.5) is 11.8 Å². The largest absolute Gasteiger partial charge is 0.384 e. The number of anilines is 2. The van der Waals surface area contributed by atoms with E-state index in [-0.39, 0.29) is 18.4 Å². The molecule has 1 aromatic rings. The average molecular weight is 288 g/mol. The van der Waals surface area contributed by atoms with E-state index in [1.165, 1.54) is 0 Å². The fourth-order valence-corrected chi connectivity index (χ4v) is 2.64. The monoisotopic (exact) mass is 288 g/mol. The summed E-state index contributed by atoms with van der Waals surface area (Å²) in [4.78, 5) is 24.1. The van der Waals surface area contributed by atoms with Crippen LogP contribution in [0.3, 0.4) is 0 Å². The summed E-state index contributed by atoms with van der Waals surface area (Å²) in [5.74, 6) is 1.27. The molecule has 2 atom stereocenters. The highest BCUT2D eigenvalue weighted by Gasteiger charge is 2.32. The van der Waals surface area contributed by atoms with Crippen LogP contribution in [0, 0.1) is 17.2 Å². The van der Waals surface area contributed by atoms with E-state index >= 15 is 0 Å². The van der Waals surface area contributed by atoms with Gasteiger partial charge in [-0.1, -0.05) is 6.92 Å². The molecule has 0 aromatic carbocycles. The molecule has 1 fully saturated rings. The minimum atomic E-state index is -0.115. The molecule has 2 heterocycles. The molecule has 0 radical (unpaired) electrons. The van der Waals surface area contributed by atoms with Crippen LogP contribution in [0.15, 0.2) is 12.3 Å². The van der Waals surface area contributed by atoms with Crippen LogP contribution in [-0.2, 0) is 4.79 Å². The third-order valence-corrected chi connectivity index (χ3v) is 3.98. The molecule has 0 spiro atoms. The van der Waals surface area contributed by atoms with Crippen molar-refractivity contribution in [3.8, 4) is 6.07 Å². The first-order valence-electron chi connectivity index (χ1n) is 6.99. The van der Waals surface area contributed by atoms with Gasteiger partial charge in [-0.05, 0) is 18.4 Å². The molecule has 112 valence electrons. The van der Waals surface area contributed by atoms with Crippen molar-refractivity contribution in [3.05, 3.63) is 12.3 Å². The van der Waals surface area contributed by atoms with Gasteiger partial charge in [-0.3, -0.25) is 4.79 Å². The van der Waals surface area contributed by atoms with Crippen molar-refractivity contribution in [3.63, 3.8) is 0 Å². The van der Waals surface area contributed by atoms with E-state index in [0.29, 0.717) is 30.8 Å². The molecule has 1 aromatic heterocycles. The van der Waals surface area contributed by atoms with Crippen molar-refractivity contribution in [2.24, 2.45) is 5.92 Å². The predicted molar refractivity (Wildman–Crippen MR) is 79.2 cm³/mol. The van der Waals surface area contributed by atoms with Crippen LogP contribution in [0.5, 0.6) is 0 Å². The number of nitrogens with two attached hydrogens (primary N) is 1. The Hall–Kier alpha value is -2.36. The molecule has 0 aliphatic carbocycles. The predicted octanol–water partition coefficient (Wildman–Crippen LogP) is 0.646. The van der Waals surface area contributed by atoms with Crippen molar-refractivity contribution in [1.29, 1.82) is 5.26 Å². The quantitative estimate of drug-likeness (QED) is 0.876. The maximum Gasteiger partial charge on any atom is 0.236 e. The minimum Gasteiger partial charge on any atom is -0.384 e. The molecule has 21 heavy (non-hydrogen) atoms. The van der Waals surface area contributed by atoms with Gasteiger partial charge in [-0.25, -0.2) is 4.98 Å². The molecule has 1 aliphatic heterocycles. The number of piperidine rings is 1. The van der Waals surface area contributed by atoms with Crippen LogP contribution in [-0.4, -0.2) is 47.0 Å². The number of nitrogens with zero attached hydrogens (tertiary/aromatic N) is 5. The Morgan fingerprint density at radius 3 is 3.10 bits per heavy atom. The van der Waals surface area contributed by atoms with Gasteiger partial charge in [0.25, 0.3) is 0 Å². The van der Waals surface area contributed by atoms with E-state index in [2.05, 4.69) is 16.9 Å². The maximum absolute atomic E-state index is 11.9. The van der Waals surface area contributed by atoms with E-state index in [0.717, 1.165) is 6.42 Å². The first-order valence-corrected chi connectivity index (χ1v) is 6.99. The van der Waals surface area contributed by atoms with Gasteiger partial charge in [0.15, 0.2) is 0 Å². The number of likely N-dealkylation sites (N-methyl/N-ethyl adjacent to an activating group) is 1. The fraction of sp³-hybridized carbons (Fsp3) is 0.571. The Kier molecular flexibility index (Phi) is 4.58. The van der Waals surface area contributed by atoms with E-state index in [9.17, 15) is 4.79 Å². The van der Waals surface area contributed by atoms with Crippen LogP contribution >= 0.6 is 0 Å². The van der Waals surface area contributed by atoms with E-state index in [1.807, 2.05) is 18.0 Å². The fourth-order valence-electron chi connectivity index (χ4n) is 2.64. The zero-order chi connectivity index (χ0) is 15.4. The van der Waals surface area contributed by atoms with E-state index < -0.39 is 0 Å².